The fraction of sp³-hybridized carbons (Fsp3) is 0.238. The number of fused-ring (bicyclic) bond motifs is 2. The van der Waals surface area contributed by atoms with Gasteiger partial charge in [-0.05, 0) is 56.2 Å². The number of sulfonamides is 1. The molecule has 1 saturated heterocycles. The molecule has 3 heterocycles. The van der Waals surface area contributed by atoms with Crippen LogP contribution in [-0.2, 0) is 10.0 Å². The molecule has 10 heteroatoms. The lowest BCUT2D eigenvalue weighted by atomic mass is 10.1. The topological polar surface area (TPSA) is 92.5 Å². The van der Waals surface area contributed by atoms with E-state index in [1.807, 2.05) is 0 Å². The maximum atomic E-state index is 13.5. The number of halogens is 1. The Morgan fingerprint density at radius 2 is 1.97 bits per heavy atom. The van der Waals surface area contributed by atoms with Crippen LogP contribution in [0.5, 0.6) is 0 Å². The van der Waals surface area contributed by atoms with E-state index in [1.165, 1.54) is 33.8 Å². The summed E-state index contributed by atoms with van der Waals surface area (Å²) in [6.45, 7) is 2.75. The van der Waals surface area contributed by atoms with E-state index in [9.17, 15) is 17.6 Å². The van der Waals surface area contributed by atoms with Gasteiger partial charge in [-0.15, -0.1) is 0 Å². The van der Waals surface area contributed by atoms with E-state index in [0.29, 0.717) is 45.0 Å². The standard InChI is InChI=1S/C21H18FN3O4S2/c1-12-15-10-13(22)4-7-17(15)29-19(12)20(26)24-21-23-16-6-5-14(11-18(16)30-21)31(27,28)25-8-2-3-9-25/h4-7,10-11H,2-3,8-9H2,1H3,(H,23,24,26). The summed E-state index contributed by atoms with van der Waals surface area (Å²) >= 11 is 1.18. The van der Waals surface area contributed by atoms with Gasteiger partial charge in [0.1, 0.15) is 11.4 Å². The second-order valence-corrected chi connectivity index (χ2v) is 10.4. The summed E-state index contributed by atoms with van der Waals surface area (Å²) in [7, 11) is -3.53. The third kappa shape index (κ3) is 3.50. The van der Waals surface area contributed by atoms with Gasteiger partial charge in [0, 0.05) is 24.0 Å². The fourth-order valence-corrected chi connectivity index (χ4v) is 6.28. The molecule has 1 amide bonds. The van der Waals surface area contributed by atoms with Gasteiger partial charge in [-0.2, -0.15) is 4.31 Å². The monoisotopic (exact) mass is 459 g/mol. The Morgan fingerprint density at radius 1 is 1.19 bits per heavy atom. The van der Waals surface area contributed by atoms with Gasteiger partial charge in [-0.1, -0.05) is 11.3 Å². The van der Waals surface area contributed by atoms with Crippen LogP contribution in [0.25, 0.3) is 21.2 Å². The summed E-state index contributed by atoms with van der Waals surface area (Å²) in [5, 5.41) is 3.55. The first kappa shape index (κ1) is 20.1. The minimum Gasteiger partial charge on any atom is -0.451 e. The van der Waals surface area contributed by atoms with Gasteiger partial charge in [0.2, 0.25) is 10.0 Å². The highest BCUT2D eigenvalue weighted by atomic mass is 32.2. The highest BCUT2D eigenvalue weighted by Gasteiger charge is 2.27. The van der Waals surface area contributed by atoms with Crippen LogP contribution in [0.4, 0.5) is 9.52 Å². The lowest BCUT2D eigenvalue weighted by Crippen LogP contribution is -2.27. The lowest BCUT2D eigenvalue weighted by molar-refractivity contribution is 0.0998. The number of hydrogen-bond acceptors (Lipinski definition) is 6. The van der Waals surface area contributed by atoms with E-state index in [4.69, 9.17) is 4.42 Å². The average Bonchev–Trinajstić information content (AvgIpc) is 3.46. The quantitative estimate of drug-likeness (QED) is 0.484. The summed E-state index contributed by atoms with van der Waals surface area (Å²) in [6.07, 6.45) is 1.73. The van der Waals surface area contributed by atoms with E-state index in [-0.39, 0.29) is 10.7 Å². The first-order valence-electron chi connectivity index (χ1n) is 9.74. The summed E-state index contributed by atoms with van der Waals surface area (Å²) in [5.74, 6) is -0.829. The van der Waals surface area contributed by atoms with Gasteiger partial charge >= 0.3 is 0 Å². The molecule has 7 nitrogen and oxygen atoms in total. The predicted octanol–water partition coefficient (Wildman–Crippen LogP) is 4.53. The SMILES string of the molecule is Cc1c(C(=O)Nc2nc3ccc(S(=O)(=O)N4CCCC4)cc3s2)oc2ccc(F)cc12. The molecule has 160 valence electrons. The van der Waals surface area contributed by atoms with Crippen LogP contribution < -0.4 is 5.32 Å². The van der Waals surface area contributed by atoms with Crippen molar-refractivity contribution in [3.8, 4) is 0 Å². The number of rotatable bonds is 4. The number of anilines is 1. The van der Waals surface area contributed by atoms with Gasteiger partial charge < -0.3 is 4.42 Å². The van der Waals surface area contributed by atoms with Crippen molar-refractivity contribution in [3.05, 3.63) is 53.5 Å². The number of nitrogens with one attached hydrogen (secondary N) is 1. The number of amides is 1. The lowest BCUT2D eigenvalue weighted by Gasteiger charge is -2.15. The number of aromatic nitrogens is 1. The molecule has 0 saturated carbocycles. The molecule has 2 aromatic heterocycles. The molecule has 0 spiro atoms. The van der Waals surface area contributed by atoms with Crippen LogP contribution in [0, 0.1) is 12.7 Å². The number of thiazole rings is 1. The average molecular weight is 460 g/mol. The number of hydrogen-bond donors (Lipinski definition) is 1. The predicted molar refractivity (Wildman–Crippen MR) is 116 cm³/mol. The van der Waals surface area contributed by atoms with Crippen molar-refractivity contribution in [1.29, 1.82) is 0 Å². The highest BCUT2D eigenvalue weighted by molar-refractivity contribution is 7.89. The highest BCUT2D eigenvalue weighted by Crippen LogP contribution is 2.31. The van der Waals surface area contributed by atoms with Gasteiger partial charge in [0.15, 0.2) is 10.9 Å². The number of carbonyl (C=O) groups is 1. The zero-order chi connectivity index (χ0) is 21.8. The van der Waals surface area contributed by atoms with Crippen molar-refractivity contribution in [2.75, 3.05) is 18.4 Å². The van der Waals surface area contributed by atoms with E-state index in [0.717, 1.165) is 12.8 Å². The van der Waals surface area contributed by atoms with Crippen molar-refractivity contribution < 1.29 is 22.0 Å². The Kier molecular flexibility index (Phi) is 4.80. The van der Waals surface area contributed by atoms with Gasteiger partial charge in [0.25, 0.3) is 5.91 Å². The molecule has 1 fully saturated rings. The number of nitrogens with zero attached hydrogens (tertiary/aromatic N) is 2. The van der Waals surface area contributed by atoms with Crippen molar-refractivity contribution in [2.45, 2.75) is 24.7 Å². The second kappa shape index (κ2) is 7.40. The minimum absolute atomic E-state index is 0.0807. The maximum Gasteiger partial charge on any atom is 0.293 e. The maximum absolute atomic E-state index is 13.5. The first-order valence-corrected chi connectivity index (χ1v) is 12.0. The molecule has 1 aliphatic rings. The molecule has 0 unspecified atom stereocenters. The number of benzene rings is 2. The molecule has 5 rings (SSSR count). The second-order valence-electron chi connectivity index (χ2n) is 7.41. The number of aryl methyl sites for hydroxylation is 1. The van der Waals surface area contributed by atoms with Gasteiger partial charge in [-0.25, -0.2) is 17.8 Å². The summed E-state index contributed by atoms with van der Waals surface area (Å²) < 4.78 is 46.8. The van der Waals surface area contributed by atoms with Crippen LogP contribution in [0.2, 0.25) is 0 Å². The van der Waals surface area contributed by atoms with Crippen molar-refractivity contribution >= 4 is 53.6 Å². The van der Waals surface area contributed by atoms with Crippen molar-refractivity contribution in [1.82, 2.24) is 9.29 Å². The molecule has 0 radical (unpaired) electrons. The van der Waals surface area contributed by atoms with E-state index in [1.54, 1.807) is 25.1 Å². The summed E-state index contributed by atoms with van der Waals surface area (Å²) in [4.78, 5) is 17.3. The van der Waals surface area contributed by atoms with Crippen LogP contribution in [0.3, 0.4) is 0 Å². The number of carbonyl (C=O) groups excluding carboxylic acids is 1. The zero-order valence-electron chi connectivity index (χ0n) is 16.5. The summed E-state index contributed by atoms with van der Waals surface area (Å²) in [6, 6.07) is 8.85. The normalized spacial score (nSPS) is 15.2. The van der Waals surface area contributed by atoms with Crippen molar-refractivity contribution in [2.24, 2.45) is 0 Å². The third-order valence-electron chi connectivity index (χ3n) is 5.39. The van der Waals surface area contributed by atoms with E-state index >= 15 is 0 Å². The molecule has 4 aromatic rings. The van der Waals surface area contributed by atoms with Crippen LogP contribution >= 0.6 is 11.3 Å². The van der Waals surface area contributed by atoms with Crippen LogP contribution in [0.1, 0.15) is 29.0 Å². The molecule has 1 aliphatic heterocycles. The van der Waals surface area contributed by atoms with E-state index < -0.39 is 21.7 Å². The van der Waals surface area contributed by atoms with E-state index in [2.05, 4.69) is 10.3 Å². The fourth-order valence-electron chi connectivity index (χ4n) is 3.76. The Morgan fingerprint density at radius 3 is 2.74 bits per heavy atom. The third-order valence-corrected chi connectivity index (χ3v) is 8.22. The molecule has 0 aliphatic carbocycles. The largest absolute Gasteiger partial charge is 0.451 e. The van der Waals surface area contributed by atoms with Gasteiger partial charge in [-0.3, -0.25) is 10.1 Å². The Balaban J connectivity index is 1.43. The first-order chi connectivity index (χ1) is 14.8. The van der Waals surface area contributed by atoms with Crippen molar-refractivity contribution in [3.63, 3.8) is 0 Å². The Labute approximate surface area is 181 Å². The zero-order valence-corrected chi connectivity index (χ0v) is 18.1. The van der Waals surface area contributed by atoms with Crippen LogP contribution in [0.15, 0.2) is 45.7 Å². The molecule has 2 aromatic carbocycles. The molecular formula is C21H18FN3O4S2. The smallest absolute Gasteiger partial charge is 0.293 e. The molecule has 0 atom stereocenters. The molecule has 0 bridgehead atoms. The van der Waals surface area contributed by atoms with Gasteiger partial charge in [0.05, 0.1) is 15.1 Å². The molecule has 31 heavy (non-hydrogen) atoms. The number of furan rings is 1. The Bertz CT molecular complexity index is 1440. The van der Waals surface area contributed by atoms with Crippen LogP contribution in [-0.4, -0.2) is 36.7 Å². The summed E-state index contributed by atoms with van der Waals surface area (Å²) in [5.41, 5.74) is 1.54. The molecule has 1 N–H and O–H groups in total. The minimum atomic E-state index is -3.53. The molecular weight excluding hydrogens is 441 g/mol. The Hall–Kier alpha value is -2.82.